The van der Waals surface area contributed by atoms with Gasteiger partial charge in [-0.3, -0.25) is 9.20 Å². The summed E-state index contributed by atoms with van der Waals surface area (Å²) >= 11 is 1.30. The summed E-state index contributed by atoms with van der Waals surface area (Å²) in [6.07, 6.45) is 0. The maximum Gasteiger partial charge on any atom is 0.234 e. The van der Waals surface area contributed by atoms with Gasteiger partial charge in [-0.2, -0.15) is 0 Å². The van der Waals surface area contributed by atoms with Gasteiger partial charge in [0.2, 0.25) is 5.91 Å². The van der Waals surface area contributed by atoms with Crippen LogP contribution in [0.5, 0.6) is 11.5 Å². The molecule has 0 saturated heterocycles. The van der Waals surface area contributed by atoms with Crippen molar-refractivity contribution in [2.75, 3.05) is 25.3 Å². The molecule has 0 bridgehead atoms. The number of anilines is 1. The number of carbonyl (C=O) groups is 1. The highest BCUT2D eigenvalue weighted by atomic mass is 32.2. The summed E-state index contributed by atoms with van der Waals surface area (Å²) in [5.74, 6) is 1.84. The van der Waals surface area contributed by atoms with Gasteiger partial charge in [-0.25, -0.2) is 4.98 Å². The molecule has 5 rings (SSSR count). The monoisotopic (exact) mass is 485 g/mol. The molecule has 0 aliphatic carbocycles. The van der Waals surface area contributed by atoms with Crippen LogP contribution in [-0.4, -0.2) is 45.5 Å². The predicted octanol–water partition coefficient (Wildman–Crippen LogP) is 5.00. The Morgan fingerprint density at radius 1 is 0.971 bits per heavy atom. The molecule has 1 N–H and O–H groups in total. The van der Waals surface area contributed by atoms with E-state index in [9.17, 15) is 4.79 Å². The molecule has 3 aromatic carbocycles. The lowest BCUT2D eigenvalue weighted by atomic mass is 10.1. The van der Waals surface area contributed by atoms with Crippen LogP contribution in [0.25, 0.3) is 27.9 Å². The standard InChI is InChI=1S/C26H23N5O3S/c1-16-8-10-17(11-9-16)24-28-20-7-5-4-6-19(20)25-29-30-26(31(24)25)35-15-23(32)27-18-12-13-21(33-2)22(14-18)34-3/h4-14H,15H2,1-3H3,(H,27,32). The molecule has 0 spiro atoms. The van der Waals surface area contributed by atoms with Crippen LogP contribution >= 0.6 is 11.8 Å². The molecular formula is C26H23N5O3S. The molecule has 0 unspecified atom stereocenters. The van der Waals surface area contributed by atoms with Crippen molar-refractivity contribution in [2.45, 2.75) is 12.1 Å². The van der Waals surface area contributed by atoms with E-state index in [0.717, 1.165) is 27.9 Å². The fourth-order valence-electron chi connectivity index (χ4n) is 3.79. The highest BCUT2D eigenvalue weighted by Gasteiger charge is 2.18. The molecule has 0 fully saturated rings. The van der Waals surface area contributed by atoms with E-state index >= 15 is 0 Å². The van der Waals surface area contributed by atoms with Crippen LogP contribution in [0.15, 0.2) is 71.9 Å². The molecular weight excluding hydrogens is 462 g/mol. The minimum atomic E-state index is -0.176. The Balaban J connectivity index is 1.45. The van der Waals surface area contributed by atoms with Crippen LogP contribution in [0.1, 0.15) is 5.56 Å². The summed E-state index contributed by atoms with van der Waals surface area (Å²) < 4.78 is 12.5. The van der Waals surface area contributed by atoms with E-state index in [1.54, 1.807) is 32.4 Å². The number of hydrogen-bond acceptors (Lipinski definition) is 7. The van der Waals surface area contributed by atoms with E-state index in [1.165, 1.54) is 11.8 Å². The normalized spacial score (nSPS) is 11.1. The van der Waals surface area contributed by atoms with Crippen LogP contribution < -0.4 is 14.8 Å². The lowest BCUT2D eigenvalue weighted by Crippen LogP contribution is -2.14. The fraction of sp³-hybridized carbons (Fsp3) is 0.154. The number of thioether (sulfide) groups is 1. The van der Waals surface area contributed by atoms with Gasteiger partial charge in [0.05, 0.1) is 25.5 Å². The van der Waals surface area contributed by atoms with Gasteiger partial charge in [-0.1, -0.05) is 53.7 Å². The van der Waals surface area contributed by atoms with Crippen molar-refractivity contribution < 1.29 is 14.3 Å². The van der Waals surface area contributed by atoms with Crippen molar-refractivity contribution in [1.82, 2.24) is 19.6 Å². The summed E-state index contributed by atoms with van der Waals surface area (Å²) in [6, 6.07) is 21.2. The average Bonchev–Trinajstić information content (AvgIpc) is 3.32. The number of methoxy groups -OCH3 is 2. The highest BCUT2D eigenvalue weighted by Crippen LogP contribution is 2.31. The first-order valence-electron chi connectivity index (χ1n) is 10.9. The number of aryl methyl sites for hydroxylation is 1. The lowest BCUT2D eigenvalue weighted by Gasteiger charge is -2.11. The number of nitrogens with one attached hydrogen (secondary N) is 1. The van der Waals surface area contributed by atoms with E-state index in [1.807, 2.05) is 59.9 Å². The molecule has 0 atom stereocenters. The molecule has 0 aliphatic heterocycles. The Bertz CT molecular complexity index is 1530. The van der Waals surface area contributed by atoms with Gasteiger partial charge in [0, 0.05) is 22.7 Å². The van der Waals surface area contributed by atoms with Crippen molar-refractivity contribution >= 4 is 39.9 Å². The number of benzene rings is 3. The number of nitrogens with zero attached hydrogens (tertiary/aromatic N) is 4. The maximum atomic E-state index is 12.7. The van der Waals surface area contributed by atoms with Crippen molar-refractivity contribution in [1.29, 1.82) is 0 Å². The van der Waals surface area contributed by atoms with Gasteiger partial charge in [-0.05, 0) is 31.2 Å². The summed E-state index contributed by atoms with van der Waals surface area (Å²) in [4.78, 5) is 17.6. The lowest BCUT2D eigenvalue weighted by molar-refractivity contribution is -0.113. The first kappa shape index (κ1) is 22.7. The van der Waals surface area contributed by atoms with Crippen molar-refractivity contribution in [3.8, 4) is 22.9 Å². The number of hydrogen-bond donors (Lipinski definition) is 1. The molecule has 35 heavy (non-hydrogen) atoms. The predicted molar refractivity (Wildman–Crippen MR) is 137 cm³/mol. The molecule has 0 radical (unpaired) electrons. The zero-order valence-corrected chi connectivity index (χ0v) is 20.3. The fourth-order valence-corrected chi connectivity index (χ4v) is 4.52. The van der Waals surface area contributed by atoms with E-state index in [2.05, 4.69) is 15.5 Å². The summed E-state index contributed by atoms with van der Waals surface area (Å²) in [6.45, 7) is 2.05. The smallest absolute Gasteiger partial charge is 0.234 e. The van der Waals surface area contributed by atoms with Crippen LogP contribution in [-0.2, 0) is 4.79 Å². The van der Waals surface area contributed by atoms with E-state index < -0.39 is 0 Å². The zero-order valence-electron chi connectivity index (χ0n) is 19.5. The summed E-state index contributed by atoms with van der Waals surface area (Å²) in [7, 11) is 3.12. The number of carbonyl (C=O) groups excluding carboxylic acids is 1. The van der Waals surface area contributed by atoms with Crippen LogP contribution in [0.4, 0.5) is 5.69 Å². The van der Waals surface area contributed by atoms with Crippen molar-refractivity contribution in [2.24, 2.45) is 0 Å². The first-order valence-corrected chi connectivity index (χ1v) is 11.9. The number of ether oxygens (including phenoxy) is 2. The van der Waals surface area contributed by atoms with Gasteiger partial charge in [0.1, 0.15) is 5.82 Å². The Morgan fingerprint density at radius 3 is 2.51 bits per heavy atom. The summed E-state index contributed by atoms with van der Waals surface area (Å²) in [5.41, 5.74) is 4.27. The van der Waals surface area contributed by atoms with Crippen molar-refractivity contribution in [3.63, 3.8) is 0 Å². The average molecular weight is 486 g/mol. The minimum Gasteiger partial charge on any atom is -0.493 e. The van der Waals surface area contributed by atoms with Gasteiger partial charge >= 0.3 is 0 Å². The molecule has 2 aromatic heterocycles. The summed E-state index contributed by atoms with van der Waals surface area (Å²) in [5, 5.41) is 13.2. The molecule has 1 amide bonds. The van der Waals surface area contributed by atoms with E-state index in [4.69, 9.17) is 14.5 Å². The number of amides is 1. The topological polar surface area (TPSA) is 90.6 Å². The Labute approximate surface area is 206 Å². The highest BCUT2D eigenvalue weighted by molar-refractivity contribution is 7.99. The third-order valence-corrected chi connectivity index (χ3v) is 6.45. The van der Waals surface area contributed by atoms with Gasteiger partial charge in [-0.15, -0.1) is 10.2 Å². The molecule has 2 heterocycles. The minimum absolute atomic E-state index is 0.148. The quantitative estimate of drug-likeness (QED) is 0.324. The third-order valence-electron chi connectivity index (χ3n) is 5.53. The van der Waals surface area contributed by atoms with Crippen LogP contribution in [0.2, 0.25) is 0 Å². The Kier molecular flexibility index (Phi) is 6.24. The number of rotatable bonds is 7. The largest absolute Gasteiger partial charge is 0.493 e. The van der Waals surface area contributed by atoms with Gasteiger partial charge < -0.3 is 14.8 Å². The number of aromatic nitrogens is 4. The molecule has 176 valence electrons. The van der Waals surface area contributed by atoms with Crippen LogP contribution in [0.3, 0.4) is 0 Å². The van der Waals surface area contributed by atoms with E-state index in [-0.39, 0.29) is 11.7 Å². The third kappa shape index (κ3) is 4.50. The Hall–Kier alpha value is -4.11. The maximum absolute atomic E-state index is 12.7. The zero-order chi connectivity index (χ0) is 24.4. The molecule has 8 nitrogen and oxygen atoms in total. The van der Waals surface area contributed by atoms with Gasteiger partial charge in [0.15, 0.2) is 22.3 Å². The number of fused-ring (bicyclic) bond motifs is 3. The first-order chi connectivity index (χ1) is 17.1. The van der Waals surface area contributed by atoms with Crippen LogP contribution in [0, 0.1) is 6.92 Å². The molecule has 0 aliphatic rings. The second-order valence-electron chi connectivity index (χ2n) is 7.87. The number of para-hydroxylation sites is 1. The SMILES string of the molecule is COc1ccc(NC(=O)CSc2nnc3c4ccccc4nc(-c4ccc(C)cc4)n23)cc1OC. The molecule has 0 saturated carbocycles. The Morgan fingerprint density at radius 2 is 1.74 bits per heavy atom. The van der Waals surface area contributed by atoms with Crippen molar-refractivity contribution in [3.05, 3.63) is 72.3 Å². The second-order valence-corrected chi connectivity index (χ2v) is 8.81. The molecule has 9 heteroatoms. The molecule has 5 aromatic rings. The second kappa shape index (κ2) is 9.63. The van der Waals surface area contributed by atoms with E-state index in [0.29, 0.717) is 28.0 Å². The van der Waals surface area contributed by atoms with Gasteiger partial charge in [0.25, 0.3) is 0 Å².